The second-order valence-corrected chi connectivity index (χ2v) is 7.27. The van der Waals surface area contributed by atoms with E-state index in [0.717, 1.165) is 25.3 Å². The fraction of sp³-hybridized carbons (Fsp3) is 0.385. The lowest BCUT2D eigenvalue weighted by molar-refractivity contribution is 0.692. The minimum absolute atomic E-state index is 0.511. The summed E-state index contributed by atoms with van der Waals surface area (Å²) >= 11 is 8.71. The quantitative estimate of drug-likeness (QED) is 0.771. The molecule has 0 aliphatic heterocycles. The molecule has 0 bridgehead atoms. The van der Waals surface area contributed by atoms with Gasteiger partial charge in [-0.15, -0.1) is 11.3 Å². The summed E-state index contributed by atoms with van der Waals surface area (Å²) in [6, 6.07) is 2.01. The van der Waals surface area contributed by atoms with Gasteiger partial charge in [0.05, 0.1) is 15.0 Å². The molecule has 19 heavy (non-hydrogen) atoms. The maximum atomic E-state index is 6.04. The lowest BCUT2D eigenvalue weighted by atomic mass is 10.0. The maximum Gasteiger partial charge on any atom is 0.173 e. The van der Waals surface area contributed by atoms with Gasteiger partial charge in [0.1, 0.15) is 5.82 Å². The van der Waals surface area contributed by atoms with Gasteiger partial charge in [0, 0.05) is 10.4 Å². The standard InChI is InChI=1S/C13H13Br2N3S/c14-8-5-6-19-11(8)13-17-10(7-3-1-2-4-7)9(15)12(16)18-13/h5-7H,1-4H2,(H2,16,17,18). The topological polar surface area (TPSA) is 51.8 Å². The molecule has 3 rings (SSSR count). The van der Waals surface area contributed by atoms with E-state index in [1.165, 1.54) is 25.7 Å². The number of rotatable bonds is 2. The van der Waals surface area contributed by atoms with Gasteiger partial charge < -0.3 is 5.73 Å². The fourth-order valence-electron chi connectivity index (χ4n) is 2.51. The van der Waals surface area contributed by atoms with Crippen LogP contribution < -0.4 is 5.73 Å². The van der Waals surface area contributed by atoms with Gasteiger partial charge in [-0.25, -0.2) is 9.97 Å². The van der Waals surface area contributed by atoms with Gasteiger partial charge in [-0.3, -0.25) is 0 Å². The molecule has 0 atom stereocenters. The number of hydrogen-bond donors (Lipinski definition) is 1. The van der Waals surface area contributed by atoms with Crippen LogP contribution in [0.25, 0.3) is 10.7 Å². The molecule has 0 aromatic carbocycles. The molecule has 2 heterocycles. The second kappa shape index (κ2) is 5.50. The lowest BCUT2D eigenvalue weighted by Gasteiger charge is -2.13. The SMILES string of the molecule is Nc1nc(-c2sccc2Br)nc(C2CCCC2)c1Br. The van der Waals surface area contributed by atoms with E-state index >= 15 is 0 Å². The Kier molecular flexibility index (Phi) is 3.91. The van der Waals surface area contributed by atoms with E-state index in [4.69, 9.17) is 10.7 Å². The Labute approximate surface area is 132 Å². The summed E-state index contributed by atoms with van der Waals surface area (Å²) in [5, 5.41) is 2.02. The Morgan fingerprint density at radius 3 is 2.58 bits per heavy atom. The van der Waals surface area contributed by atoms with Crippen LogP contribution in [-0.4, -0.2) is 9.97 Å². The number of anilines is 1. The Bertz CT molecular complexity index is 606. The van der Waals surface area contributed by atoms with E-state index in [2.05, 4.69) is 36.8 Å². The van der Waals surface area contributed by atoms with E-state index in [1.807, 2.05) is 11.4 Å². The van der Waals surface area contributed by atoms with Crippen molar-refractivity contribution in [1.82, 2.24) is 9.97 Å². The minimum atomic E-state index is 0.511. The van der Waals surface area contributed by atoms with Crippen LogP contribution in [0.4, 0.5) is 5.82 Å². The zero-order chi connectivity index (χ0) is 13.4. The van der Waals surface area contributed by atoms with Crippen molar-refractivity contribution >= 4 is 49.0 Å². The van der Waals surface area contributed by atoms with Crippen LogP contribution in [0.3, 0.4) is 0 Å². The zero-order valence-corrected chi connectivity index (χ0v) is 14.2. The van der Waals surface area contributed by atoms with Gasteiger partial charge in [0.15, 0.2) is 5.82 Å². The van der Waals surface area contributed by atoms with E-state index in [-0.39, 0.29) is 0 Å². The summed E-state index contributed by atoms with van der Waals surface area (Å²) in [7, 11) is 0. The van der Waals surface area contributed by atoms with Crippen LogP contribution in [0.2, 0.25) is 0 Å². The molecule has 1 aliphatic carbocycles. The van der Waals surface area contributed by atoms with Crippen LogP contribution in [0, 0.1) is 0 Å². The van der Waals surface area contributed by atoms with Crippen molar-refractivity contribution in [2.45, 2.75) is 31.6 Å². The Hall–Kier alpha value is -0.460. The zero-order valence-electron chi connectivity index (χ0n) is 10.2. The molecule has 1 aliphatic rings. The Morgan fingerprint density at radius 2 is 1.95 bits per heavy atom. The molecule has 0 spiro atoms. The number of thiophene rings is 1. The fourth-order valence-corrected chi connectivity index (χ4v) is 4.49. The lowest BCUT2D eigenvalue weighted by Crippen LogP contribution is -2.05. The van der Waals surface area contributed by atoms with E-state index in [1.54, 1.807) is 11.3 Å². The molecule has 2 aromatic rings. The summed E-state index contributed by atoms with van der Waals surface area (Å²) in [6.07, 6.45) is 4.94. The summed E-state index contributed by atoms with van der Waals surface area (Å²) in [5.41, 5.74) is 7.11. The highest BCUT2D eigenvalue weighted by Crippen LogP contribution is 2.40. The van der Waals surface area contributed by atoms with Crippen LogP contribution in [0.5, 0.6) is 0 Å². The van der Waals surface area contributed by atoms with Crippen LogP contribution in [-0.2, 0) is 0 Å². The third kappa shape index (κ3) is 2.58. The predicted octanol–water partition coefficient (Wildman–Crippen LogP) is 4.97. The first-order chi connectivity index (χ1) is 9.16. The highest BCUT2D eigenvalue weighted by molar-refractivity contribution is 9.11. The average Bonchev–Trinajstić information content (AvgIpc) is 3.03. The first-order valence-corrected chi connectivity index (χ1v) is 8.69. The van der Waals surface area contributed by atoms with Gasteiger partial charge in [-0.1, -0.05) is 12.8 Å². The first kappa shape index (κ1) is 13.5. The van der Waals surface area contributed by atoms with Crippen LogP contribution in [0.1, 0.15) is 37.3 Å². The first-order valence-electron chi connectivity index (χ1n) is 6.23. The third-order valence-electron chi connectivity index (χ3n) is 3.46. The number of nitrogens with two attached hydrogens (primary N) is 1. The summed E-state index contributed by atoms with van der Waals surface area (Å²) in [6.45, 7) is 0. The molecule has 0 amide bonds. The van der Waals surface area contributed by atoms with Crippen molar-refractivity contribution in [3.63, 3.8) is 0 Å². The van der Waals surface area contributed by atoms with E-state index < -0.39 is 0 Å². The van der Waals surface area contributed by atoms with Crippen molar-refractivity contribution in [2.24, 2.45) is 0 Å². The minimum Gasteiger partial charge on any atom is -0.383 e. The molecular formula is C13H13Br2N3S. The molecule has 0 unspecified atom stereocenters. The van der Waals surface area contributed by atoms with E-state index in [9.17, 15) is 0 Å². The molecule has 6 heteroatoms. The summed E-state index contributed by atoms with van der Waals surface area (Å²) < 4.78 is 1.90. The van der Waals surface area contributed by atoms with Gasteiger partial charge in [0.2, 0.25) is 0 Å². The molecule has 2 aromatic heterocycles. The van der Waals surface area contributed by atoms with Crippen LogP contribution >= 0.6 is 43.2 Å². The van der Waals surface area contributed by atoms with Crippen molar-refractivity contribution in [2.75, 3.05) is 5.73 Å². The molecular weight excluding hydrogens is 390 g/mol. The van der Waals surface area contributed by atoms with E-state index in [0.29, 0.717) is 11.7 Å². The third-order valence-corrected chi connectivity index (χ3v) is 6.11. The van der Waals surface area contributed by atoms with Gasteiger partial charge in [-0.05, 0) is 56.1 Å². The van der Waals surface area contributed by atoms with Gasteiger partial charge in [0.25, 0.3) is 0 Å². The largest absolute Gasteiger partial charge is 0.383 e. The van der Waals surface area contributed by atoms with Gasteiger partial charge >= 0.3 is 0 Å². The monoisotopic (exact) mass is 401 g/mol. The van der Waals surface area contributed by atoms with Crippen molar-refractivity contribution in [1.29, 1.82) is 0 Å². The van der Waals surface area contributed by atoms with Gasteiger partial charge in [-0.2, -0.15) is 0 Å². The Morgan fingerprint density at radius 1 is 1.21 bits per heavy atom. The number of nitrogens with zero attached hydrogens (tertiary/aromatic N) is 2. The van der Waals surface area contributed by atoms with Crippen molar-refractivity contribution in [3.05, 3.63) is 26.1 Å². The molecule has 3 nitrogen and oxygen atoms in total. The number of aromatic nitrogens is 2. The smallest absolute Gasteiger partial charge is 0.173 e. The van der Waals surface area contributed by atoms with Crippen molar-refractivity contribution < 1.29 is 0 Å². The average molecular weight is 403 g/mol. The Balaban J connectivity index is 2.10. The highest BCUT2D eigenvalue weighted by Gasteiger charge is 2.24. The second-order valence-electron chi connectivity index (χ2n) is 4.71. The molecule has 2 N–H and O–H groups in total. The highest BCUT2D eigenvalue weighted by atomic mass is 79.9. The summed E-state index contributed by atoms with van der Waals surface area (Å²) in [4.78, 5) is 10.2. The number of halogens is 2. The predicted molar refractivity (Wildman–Crippen MR) is 86.4 cm³/mol. The molecule has 100 valence electrons. The molecule has 0 radical (unpaired) electrons. The van der Waals surface area contributed by atoms with Crippen LogP contribution in [0.15, 0.2) is 20.4 Å². The maximum absolute atomic E-state index is 6.04. The molecule has 1 saturated carbocycles. The molecule has 1 fully saturated rings. The number of hydrogen-bond acceptors (Lipinski definition) is 4. The summed E-state index contributed by atoms with van der Waals surface area (Å²) in [5.74, 6) is 1.77. The molecule has 0 saturated heterocycles. The van der Waals surface area contributed by atoms with Crippen molar-refractivity contribution in [3.8, 4) is 10.7 Å². The normalized spacial score (nSPS) is 16.1. The number of nitrogen functional groups attached to an aromatic ring is 1.